The number of aromatic carboxylic acids is 1. The molecule has 1 aromatic heterocycles. The molecule has 3 nitrogen and oxygen atoms in total. The summed E-state index contributed by atoms with van der Waals surface area (Å²) >= 11 is 5.43. The number of pyridine rings is 1. The third-order valence-electron chi connectivity index (χ3n) is 1.70. The molecule has 0 unspecified atom stereocenters. The van der Waals surface area contributed by atoms with Crippen molar-refractivity contribution in [1.29, 1.82) is 0 Å². The second kappa shape index (κ2) is 5.46. The average Bonchev–Trinajstić information content (AvgIpc) is 2.20. The molecule has 0 bridgehead atoms. The van der Waals surface area contributed by atoms with Gasteiger partial charge in [0, 0.05) is 12.1 Å². The largest absolute Gasteiger partial charge is 0.478 e. The van der Waals surface area contributed by atoms with Crippen LogP contribution in [0.25, 0.3) is 6.08 Å². The van der Waals surface area contributed by atoms with E-state index in [0.717, 1.165) is 6.07 Å². The van der Waals surface area contributed by atoms with Crippen LogP contribution in [0.4, 0.5) is 4.39 Å². The highest BCUT2D eigenvalue weighted by atomic mass is 35.5. The number of carbonyl (C=O) groups is 1. The summed E-state index contributed by atoms with van der Waals surface area (Å²) in [7, 11) is 0. The van der Waals surface area contributed by atoms with Gasteiger partial charge in [0.25, 0.3) is 0 Å². The van der Waals surface area contributed by atoms with Crippen molar-refractivity contribution in [3.05, 3.63) is 35.4 Å². The normalized spacial score (nSPS) is 10.8. The Kier molecular flexibility index (Phi) is 4.24. The molecule has 0 fully saturated rings. The van der Waals surface area contributed by atoms with Crippen LogP contribution in [0.1, 0.15) is 22.5 Å². The van der Waals surface area contributed by atoms with Crippen molar-refractivity contribution in [3.63, 3.8) is 0 Å². The van der Waals surface area contributed by atoms with E-state index >= 15 is 0 Å². The first-order chi connectivity index (χ1) is 7.16. The molecule has 0 aliphatic heterocycles. The first kappa shape index (κ1) is 11.7. The Balaban J connectivity index is 2.99. The number of nitrogens with zero attached hydrogens (tertiary/aromatic N) is 1. The fourth-order valence-corrected chi connectivity index (χ4v) is 1.13. The van der Waals surface area contributed by atoms with Crippen molar-refractivity contribution in [2.45, 2.75) is 6.42 Å². The minimum atomic E-state index is -1.30. The van der Waals surface area contributed by atoms with E-state index in [1.54, 1.807) is 6.08 Å². The molecule has 15 heavy (non-hydrogen) atoms. The first-order valence-corrected chi connectivity index (χ1v) is 4.80. The Morgan fingerprint density at radius 1 is 1.67 bits per heavy atom. The summed E-state index contributed by atoms with van der Waals surface area (Å²) in [4.78, 5) is 14.3. The van der Waals surface area contributed by atoms with Crippen LogP contribution in [0.2, 0.25) is 0 Å². The Bertz CT molecular complexity index is 393. The Morgan fingerprint density at radius 3 is 3.00 bits per heavy atom. The van der Waals surface area contributed by atoms with Crippen molar-refractivity contribution in [2.75, 3.05) is 5.88 Å². The zero-order valence-electron chi connectivity index (χ0n) is 7.78. The Morgan fingerprint density at radius 2 is 2.40 bits per heavy atom. The van der Waals surface area contributed by atoms with Crippen molar-refractivity contribution in [3.8, 4) is 0 Å². The maximum absolute atomic E-state index is 13.4. The van der Waals surface area contributed by atoms with Gasteiger partial charge in [0.05, 0.1) is 11.3 Å². The van der Waals surface area contributed by atoms with E-state index < -0.39 is 11.8 Å². The summed E-state index contributed by atoms with van der Waals surface area (Å²) in [6.45, 7) is 0. The molecule has 0 spiro atoms. The molecular formula is C10H9ClFNO2. The standard InChI is InChI=1S/C10H9ClFNO2/c11-5-2-1-3-8-9(12)7(10(14)15)4-6-13-8/h1,3-4,6H,2,5H2,(H,14,15). The van der Waals surface area contributed by atoms with Crippen LogP contribution >= 0.6 is 11.6 Å². The molecule has 1 heterocycles. The summed E-state index contributed by atoms with van der Waals surface area (Å²) in [6, 6.07) is 1.12. The molecule has 0 amide bonds. The Hall–Kier alpha value is -1.42. The predicted molar refractivity (Wildman–Crippen MR) is 55.5 cm³/mol. The van der Waals surface area contributed by atoms with Gasteiger partial charge in [-0.25, -0.2) is 9.18 Å². The number of halogens is 2. The lowest BCUT2D eigenvalue weighted by Gasteiger charge is -1.99. The zero-order valence-corrected chi connectivity index (χ0v) is 8.54. The smallest absolute Gasteiger partial charge is 0.338 e. The minimum absolute atomic E-state index is 0.0139. The van der Waals surface area contributed by atoms with Gasteiger partial charge in [0.2, 0.25) is 0 Å². The molecule has 1 aromatic rings. The van der Waals surface area contributed by atoms with E-state index in [1.807, 2.05) is 0 Å². The zero-order chi connectivity index (χ0) is 11.3. The van der Waals surface area contributed by atoms with Crippen LogP contribution in [-0.2, 0) is 0 Å². The number of hydrogen-bond donors (Lipinski definition) is 1. The van der Waals surface area contributed by atoms with E-state index in [1.165, 1.54) is 12.3 Å². The summed E-state index contributed by atoms with van der Waals surface area (Å²) in [5.74, 6) is -1.70. The van der Waals surface area contributed by atoms with Gasteiger partial charge in [-0.2, -0.15) is 0 Å². The van der Waals surface area contributed by atoms with E-state index in [-0.39, 0.29) is 11.3 Å². The molecule has 0 atom stereocenters. The maximum Gasteiger partial charge on any atom is 0.338 e. The highest BCUT2D eigenvalue weighted by Crippen LogP contribution is 2.12. The van der Waals surface area contributed by atoms with Gasteiger partial charge in [-0.3, -0.25) is 4.98 Å². The lowest BCUT2D eigenvalue weighted by molar-refractivity contribution is 0.0691. The summed E-state index contributed by atoms with van der Waals surface area (Å²) in [5, 5.41) is 8.65. The third kappa shape index (κ3) is 3.02. The molecule has 1 N–H and O–H groups in total. The number of allylic oxidation sites excluding steroid dienone is 1. The second-order valence-corrected chi connectivity index (χ2v) is 3.12. The number of aromatic nitrogens is 1. The third-order valence-corrected chi connectivity index (χ3v) is 1.92. The average molecular weight is 230 g/mol. The van der Waals surface area contributed by atoms with Crippen LogP contribution in [0, 0.1) is 5.82 Å². The van der Waals surface area contributed by atoms with Gasteiger partial charge in [-0.1, -0.05) is 6.08 Å². The summed E-state index contributed by atoms with van der Waals surface area (Å²) < 4.78 is 13.4. The molecule has 0 aliphatic rings. The van der Waals surface area contributed by atoms with Crippen LogP contribution in [-0.4, -0.2) is 21.9 Å². The lowest BCUT2D eigenvalue weighted by Crippen LogP contribution is -2.03. The molecule has 80 valence electrons. The first-order valence-electron chi connectivity index (χ1n) is 4.27. The molecule has 0 saturated carbocycles. The van der Waals surface area contributed by atoms with Crippen molar-refractivity contribution >= 4 is 23.6 Å². The fourth-order valence-electron chi connectivity index (χ4n) is 0.999. The van der Waals surface area contributed by atoms with Gasteiger partial charge >= 0.3 is 5.97 Å². The predicted octanol–water partition coefficient (Wildman–Crippen LogP) is 2.56. The monoisotopic (exact) mass is 229 g/mol. The highest BCUT2D eigenvalue weighted by molar-refractivity contribution is 6.17. The van der Waals surface area contributed by atoms with Gasteiger partial charge in [0.1, 0.15) is 0 Å². The second-order valence-electron chi connectivity index (χ2n) is 2.74. The van der Waals surface area contributed by atoms with Gasteiger partial charge in [-0.05, 0) is 18.6 Å². The molecule has 0 radical (unpaired) electrons. The fraction of sp³-hybridized carbons (Fsp3) is 0.200. The van der Waals surface area contributed by atoms with Crippen molar-refractivity contribution < 1.29 is 14.3 Å². The van der Waals surface area contributed by atoms with E-state index in [0.29, 0.717) is 12.3 Å². The molecular weight excluding hydrogens is 221 g/mol. The van der Waals surface area contributed by atoms with Gasteiger partial charge in [0.15, 0.2) is 5.82 Å². The summed E-state index contributed by atoms with van der Waals surface area (Å²) in [6.07, 6.45) is 4.90. The van der Waals surface area contributed by atoms with Crippen LogP contribution in [0.3, 0.4) is 0 Å². The van der Waals surface area contributed by atoms with Crippen molar-refractivity contribution in [2.24, 2.45) is 0 Å². The van der Waals surface area contributed by atoms with Crippen molar-refractivity contribution in [1.82, 2.24) is 4.98 Å². The Labute approximate surface area is 91.2 Å². The molecule has 1 rings (SSSR count). The van der Waals surface area contributed by atoms with E-state index in [2.05, 4.69) is 4.98 Å². The van der Waals surface area contributed by atoms with Gasteiger partial charge in [-0.15, -0.1) is 11.6 Å². The summed E-state index contributed by atoms with van der Waals surface area (Å²) in [5.41, 5.74) is -0.365. The maximum atomic E-state index is 13.4. The molecule has 0 aromatic carbocycles. The number of rotatable bonds is 4. The van der Waals surface area contributed by atoms with E-state index in [9.17, 15) is 9.18 Å². The van der Waals surface area contributed by atoms with Crippen LogP contribution in [0.5, 0.6) is 0 Å². The lowest BCUT2D eigenvalue weighted by atomic mass is 10.2. The molecule has 0 saturated heterocycles. The number of carboxylic acid groups (broad SMARTS) is 1. The number of carboxylic acids is 1. The molecule has 0 aliphatic carbocycles. The number of alkyl halides is 1. The highest BCUT2D eigenvalue weighted by Gasteiger charge is 2.12. The topological polar surface area (TPSA) is 50.2 Å². The molecule has 5 heteroatoms. The van der Waals surface area contributed by atoms with Gasteiger partial charge < -0.3 is 5.11 Å². The quantitative estimate of drug-likeness (QED) is 0.808. The van der Waals surface area contributed by atoms with Crippen LogP contribution < -0.4 is 0 Å². The SMILES string of the molecule is O=C(O)c1ccnc(C=CCCCl)c1F. The number of hydrogen-bond acceptors (Lipinski definition) is 2. The van der Waals surface area contributed by atoms with E-state index in [4.69, 9.17) is 16.7 Å². The minimum Gasteiger partial charge on any atom is -0.478 e. The van der Waals surface area contributed by atoms with Crippen LogP contribution in [0.15, 0.2) is 18.3 Å².